The Bertz CT molecular complexity index is 1390. The van der Waals surface area contributed by atoms with Crippen LogP contribution in [0.4, 0.5) is 5.69 Å². The van der Waals surface area contributed by atoms with E-state index < -0.39 is 10.0 Å². The van der Waals surface area contributed by atoms with Gasteiger partial charge >= 0.3 is 0 Å². The van der Waals surface area contributed by atoms with Crippen LogP contribution in [-0.2, 0) is 10.0 Å². The van der Waals surface area contributed by atoms with Crippen molar-refractivity contribution in [1.29, 1.82) is 0 Å². The molecule has 1 aliphatic carbocycles. The van der Waals surface area contributed by atoms with Crippen molar-refractivity contribution in [3.8, 4) is 22.8 Å². The Labute approximate surface area is 229 Å². The molecule has 2 aromatic heterocycles. The van der Waals surface area contributed by atoms with Crippen molar-refractivity contribution in [1.82, 2.24) is 18.6 Å². The highest BCUT2D eigenvalue weighted by atomic mass is 35.5. The topological polar surface area (TPSA) is 79.6 Å². The van der Waals surface area contributed by atoms with E-state index in [1.807, 2.05) is 43.0 Å². The summed E-state index contributed by atoms with van der Waals surface area (Å²) in [5, 5.41) is 0.332. The summed E-state index contributed by atoms with van der Waals surface area (Å²) in [7, 11) is 2.52. The van der Waals surface area contributed by atoms with E-state index in [1.54, 1.807) is 11.4 Å². The summed E-state index contributed by atoms with van der Waals surface area (Å²) in [6, 6.07) is 7.77. The van der Waals surface area contributed by atoms with Gasteiger partial charge in [-0.3, -0.25) is 0 Å². The third-order valence-corrected chi connectivity index (χ3v) is 9.80. The second kappa shape index (κ2) is 11.3. The first-order valence-electron chi connectivity index (χ1n) is 13.1. The van der Waals surface area contributed by atoms with Gasteiger partial charge in [-0.15, -0.1) is 0 Å². The number of fused-ring (bicyclic) bond motifs is 1. The van der Waals surface area contributed by atoms with Gasteiger partial charge in [-0.2, -0.15) is 4.31 Å². The fraction of sp³-hybridized carbons (Fsp3) is 0.519. The standard InChI is InChI=1S/C27H36ClN5O4S/c1-30(2)9-5-15-37-25-18-26(36-3)23(28)17-22(25)24-19-32-12-8-20(16-27(32)29-24)31-10-4-11-33(14-13-31)38(34,35)21-6-7-21/h8,12,16-19,21H,4-7,9-11,13-15H2,1-3H3. The summed E-state index contributed by atoms with van der Waals surface area (Å²) in [6.45, 7) is 4.06. The maximum absolute atomic E-state index is 12.7. The van der Waals surface area contributed by atoms with Crippen LogP contribution in [0.5, 0.6) is 11.5 Å². The number of pyridine rings is 1. The summed E-state index contributed by atoms with van der Waals surface area (Å²) < 4.78 is 40.7. The zero-order valence-electron chi connectivity index (χ0n) is 22.3. The molecule has 0 unspecified atom stereocenters. The lowest BCUT2D eigenvalue weighted by atomic mass is 10.1. The fourth-order valence-electron chi connectivity index (χ4n) is 4.85. The molecule has 3 heterocycles. The fourth-order valence-corrected chi connectivity index (χ4v) is 6.97. The maximum atomic E-state index is 12.7. The number of hydrogen-bond acceptors (Lipinski definition) is 7. The monoisotopic (exact) mass is 561 g/mol. The van der Waals surface area contributed by atoms with Gasteiger partial charge in [0.05, 0.1) is 29.7 Å². The molecule has 38 heavy (non-hydrogen) atoms. The smallest absolute Gasteiger partial charge is 0.217 e. The molecule has 1 aromatic carbocycles. The van der Waals surface area contributed by atoms with Crippen molar-refractivity contribution in [3.63, 3.8) is 0 Å². The highest BCUT2D eigenvalue weighted by Crippen LogP contribution is 2.39. The summed E-state index contributed by atoms with van der Waals surface area (Å²) >= 11 is 6.49. The normalized spacial score (nSPS) is 17.2. The Morgan fingerprint density at radius 1 is 1.11 bits per heavy atom. The Balaban J connectivity index is 1.37. The number of anilines is 1. The van der Waals surface area contributed by atoms with Crippen molar-refractivity contribution in [3.05, 3.63) is 41.7 Å². The number of sulfonamides is 1. The van der Waals surface area contributed by atoms with Crippen molar-refractivity contribution in [2.24, 2.45) is 0 Å². The molecule has 1 saturated heterocycles. The molecule has 1 saturated carbocycles. The van der Waals surface area contributed by atoms with Gasteiger partial charge < -0.3 is 23.7 Å². The van der Waals surface area contributed by atoms with E-state index >= 15 is 0 Å². The second-order valence-corrected chi connectivity index (χ2v) is 12.9. The summed E-state index contributed by atoms with van der Waals surface area (Å²) in [5.41, 5.74) is 3.40. The Kier molecular flexibility index (Phi) is 8.04. The average molecular weight is 562 g/mol. The van der Waals surface area contributed by atoms with Gasteiger partial charge in [-0.25, -0.2) is 13.4 Å². The summed E-state index contributed by atoms with van der Waals surface area (Å²) in [6.07, 6.45) is 7.24. The zero-order chi connectivity index (χ0) is 26.9. The van der Waals surface area contributed by atoms with Gasteiger partial charge in [0, 0.05) is 68.5 Å². The van der Waals surface area contributed by atoms with Crippen LogP contribution < -0.4 is 14.4 Å². The van der Waals surface area contributed by atoms with Crippen LogP contribution in [0.3, 0.4) is 0 Å². The Morgan fingerprint density at radius 2 is 1.92 bits per heavy atom. The quantitative estimate of drug-likeness (QED) is 0.346. The second-order valence-electron chi connectivity index (χ2n) is 10.2. The van der Waals surface area contributed by atoms with Crippen molar-refractivity contribution >= 4 is 33.0 Å². The highest BCUT2D eigenvalue weighted by Gasteiger charge is 2.40. The Morgan fingerprint density at radius 3 is 2.66 bits per heavy atom. The number of methoxy groups -OCH3 is 1. The van der Waals surface area contributed by atoms with Crippen LogP contribution in [0, 0.1) is 0 Å². The largest absolute Gasteiger partial charge is 0.495 e. The number of rotatable bonds is 10. The molecule has 0 atom stereocenters. The first kappa shape index (κ1) is 27.1. The lowest BCUT2D eigenvalue weighted by molar-refractivity contribution is 0.281. The van der Waals surface area contributed by atoms with Crippen LogP contribution >= 0.6 is 11.6 Å². The van der Waals surface area contributed by atoms with E-state index in [-0.39, 0.29) is 5.25 Å². The molecule has 0 bridgehead atoms. The number of benzene rings is 1. The van der Waals surface area contributed by atoms with Gasteiger partial charge in [0.2, 0.25) is 10.0 Å². The number of ether oxygens (including phenoxy) is 2. The molecule has 0 radical (unpaired) electrons. The molecular weight excluding hydrogens is 526 g/mol. The predicted molar refractivity (Wildman–Crippen MR) is 151 cm³/mol. The summed E-state index contributed by atoms with van der Waals surface area (Å²) in [4.78, 5) is 9.28. The maximum Gasteiger partial charge on any atom is 0.217 e. The molecule has 0 amide bonds. The van der Waals surface area contributed by atoms with Crippen LogP contribution in [-0.4, -0.2) is 92.8 Å². The molecule has 2 aliphatic rings. The van der Waals surface area contributed by atoms with Crippen LogP contribution in [0.15, 0.2) is 36.7 Å². The number of imidazole rings is 1. The van der Waals surface area contributed by atoms with Gasteiger partial charge in [0.15, 0.2) is 0 Å². The van der Waals surface area contributed by atoms with Crippen molar-refractivity contribution < 1.29 is 17.9 Å². The minimum absolute atomic E-state index is 0.165. The SMILES string of the molecule is COc1cc(OCCCN(C)C)c(-c2cn3ccc(N4CCCN(S(=O)(=O)C5CC5)CC4)cc3n2)cc1Cl. The van der Waals surface area contributed by atoms with E-state index in [0.717, 1.165) is 61.4 Å². The predicted octanol–water partition coefficient (Wildman–Crippen LogP) is 4.00. The molecule has 2 fully saturated rings. The molecule has 11 heteroatoms. The molecule has 3 aromatic rings. The lowest BCUT2D eigenvalue weighted by Crippen LogP contribution is -2.37. The number of halogens is 1. The zero-order valence-corrected chi connectivity index (χ0v) is 23.8. The molecule has 5 rings (SSSR count). The molecule has 0 N–H and O–H groups in total. The number of aromatic nitrogens is 2. The van der Waals surface area contributed by atoms with E-state index in [9.17, 15) is 8.42 Å². The lowest BCUT2D eigenvalue weighted by Gasteiger charge is -2.23. The third kappa shape index (κ3) is 5.88. The molecular formula is C27H36ClN5O4S. The van der Waals surface area contributed by atoms with Crippen molar-refractivity contribution in [2.75, 3.05) is 65.4 Å². The van der Waals surface area contributed by atoms with Crippen LogP contribution in [0.25, 0.3) is 16.9 Å². The first-order valence-corrected chi connectivity index (χ1v) is 15.0. The number of nitrogens with zero attached hydrogens (tertiary/aromatic N) is 5. The van der Waals surface area contributed by atoms with Gasteiger partial charge in [-0.05, 0) is 51.9 Å². The van der Waals surface area contributed by atoms with E-state index in [1.165, 1.54) is 0 Å². The minimum Gasteiger partial charge on any atom is -0.495 e. The van der Waals surface area contributed by atoms with Crippen molar-refractivity contribution in [2.45, 2.75) is 30.9 Å². The molecule has 206 valence electrons. The molecule has 0 spiro atoms. The van der Waals surface area contributed by atoms with E-state index in [0.29, 0.717) is 42.8 Å². The molecule has 1 aliphatic heterocycles. The Hall–Kier alpha value is -2.53. The van der Waals surface area contributed by atoms with Gasteiger partial charge in [0.1, 0.15) is 17.1 Å². The van der Waals surface area contributed by atoms with E-state index in [4.69, 9.17) is 26.1 Å². The summed E-state index contributed by atoms with van der Waals surface area (Å²) in [5.74, 6) is 1.24. The third-order valence-electron chi connectivity index (χ3n) is 7.11. The van der Waals surface area contributed by atoms with Gasteiger partial charge in [-0.1, -0.05) is 11.6 Å². The number of hydrogen-bond donors (Lipinski definition) is 0. The van der Waals surface area contributed by atoms with Gasteiger partial charge in [0.25, 0.3) is 0 Å². The average Bonchev–Trinajstić information content (AvgIpc) is 3.70. The highest BCUT2D eigenvalue weighted by molar-refractivity contribution is 7.90. The minimum atomic E-state index is -3.15. The van der Waals surface area contributed by atoms with Crippen LogP contribution in [0.1, 0.15) is 25.7 Å². The van der Waals surface area contributed by atoms with Crippen LogP contribution in [0.2, 0.25) is 5.02 Å². The van der Waals surface area contributed by atoms with E-state index in [2.05, 4.69) is 21.9 Å². The molecule has 9 nitrogen and oxygen atoms in total. The first-order chi connectivity index (χ1) is 18.3.